The molecule has 0 unspecified atom stereocenters. The van der Waals surface area contributed by atoms with Crippen molar-refractivity contribution in [2.24, 2.45) is 17.8 Å². The van der Waals surface area contributed by atoms with Gasteiger partial charge in [-0.05, 0) is 78.2 Å². The fourth-order valence-electron chi connectivity index (χ4n) is 6.26. The molecule has 4 rings (SSSR count). The van der Waals surface area contributed by atoms with E-state index >= 15 is 0 Å². The summed E-state index contributed by atoms with van der Waals surface area (Å²) in [5, 5.41) is 0. The summed E-state index contributed by atoms with van der Waals surface area (Å²) in [5.41, 5.74) is 3.10. The summed E-state index contributed by atoms with van der Waals surface area (Å²) in [4.78, 5) is 0. The van der Waals surface area contributed by atoms with Crippen LogP contribution < -0.4 is 0 Å². The Hall–Kier alpha value is -1.48. The van der Waals surface area contributed by atoms with Gasteiger partial charge in [-0.25, -0.2) is 8.78 Å². The van der Waals surface area contributed by atoms with Gasteiger partial charge < -0.3 is 0 Å². The van der Waals surface area contributed by atoms with Crippen LogP contribution in [0.3, 0.4) is 0 Å². The Morgan fingerprint density at radius 1 is 0.758 bits per heavy atom. The second-order valence-corrected chi connectivity index (χ2v) is 14.9. The average Bonchev–Trinajstić information content (AvgIpc) is 2.84. The first kappa shape index (κ1) is 24.6. The van der Waals surface area contributed by atoms with Crippen LogP contribution in [0.5, 0.6) is 0 Å². The molecule has 0 atom stereocenters. The Balaban J connectivity index is 1.18. The van der Waals surface area contributed by atoms with Crippen LogP contribution in [0.4, 0.5) is 8.78 Å². The van der Waals surface area contributed by atoms with E-state index in [2.05, 4.69) is 38.1 Å². The average molecular weight is 469 g/mol. The van der Waals surface area contributed by atoms with E-state index < -0.39 is 11.6 Å². The van der Waals surface area contributed by atoms with Crippen LogP contribution in [0.25, 0.3) is 11.1 Å². The van der Waals surface area contributed by atoms with Gasteiger partial charge >= 0.3 is 0 Å². The molecule has 2 aromatic rings. The number of rotatable bonds is 8. The minimum atomic E-state index is -0.789. The predicted octanol–water partition coefficient (Wildman–Crippen LogP) is 9.37. The third-order valence-electron chi connectivity index (χ3n) is 8.58. The Labute approximate surface area is 201 Å². The number of hydrogen-bond donors (Lipinski definition) is 0. The third kappa shape index (κ3) is 7.01. The van der Waals surface area contributed by atoms with Crippen molar-refractivity contribution in [3.8, 4) is 11.1 Å². The zero-order chi connectivity index (χ0) is 23.2. The molecule has 1 heterocycles. The summed E-state index contributed by atoms with van der Waals surface area (Å²) in [6.45, 7) is 4.75. The van der Waals surface area contributed by atoms with Crippen LogP contribution in [-0.2, 0) is 0 Å². The Morgan fingerprint density at radius 3 is 1.97 bits per heavy atom. The van der Waals surface area contributed by atoms with Crippen molar-refractivity contribution in [2.45, 2.75) is 95.7 Å². The summed E-state index contributed by atoms with van der Waals surface area (Å²) in [6.07, 6.45) is 12.8. The standard InChI is InChI=1S/C30H42F2Si/c1-22(2)15-18-33-19-16-24(17-20-33)4-3-23-5-7-25(8-6-23)26-9-11-27(12-10-26)28-13-14-29(31)30(32)21-28/h9-14,21-25,33H,3-8,15-20H2,1-2H3. The van der Waals surface area contributed by atoms with Crippen molar-refractivity contribution >= 4 is 8.80 Å². The lowest BCUT2D eigenvalue weighted by Gasteiger charge is -2.32. The van der Waals surface area contributed by atoms with Gasteiger partial charge in [0.1, 0.15) is 0 Å². The second-order valence-electron chi connectivity index (χ2n) is 11.4. The fourth-order valence-corrected chi connectivity index (χ4v) is 10.1. The molecule has 0 aromatic heterocycles. The first-order chi connectivity index (χ1) is 16.0. The lowest BCUT2D eigenvalue weighted by molar-refractivity contribution is 0.280. The van der Waals surface area contributed by atoms with Crippen molar-refractivity contribution in [2.75, 3.05) is 0 Å². The van der Waals surface area contributed by atoms with Gasteiger partial charge in [0.15, 0.2) is 11.6 Å². The van der Waals surface area contributed by atoms with Crippen LogP contribution in [-0.4, -0.2) is 8.80 Å². The molecular formula is C30H42F2Si. The normalized spacial score (nSPS) is 26.0. The molecule has 1 aliphatic carbocycles. The molecule has 33 heavy (non-hydrogen) atoms. The van der Waals surface area contributed by atoms with Crippen LogP contribution in [0.2, 0.25) is 18.1 Å². The summed E-state index contributed by atoms with van der Waals surface area (Å²) in [5.74, 6) is 1.93. The maximum atomic E-state index is 13.6. The Bertz CT molecular complexity index is 859. The van der Waals surface area contributed by atoms with Crippen molar-refractivity contribution in [1.82, 2.24) is 0 Å². The van der Waals surface area contributed by atoms with Crippen molar-refractivity contribution < 1.29 is 8.78 Å². The zero-order valence-electron chi connectivity index (χ0n) is 20.7. The minimum Gasteiger partial charge on any atom is -0.204 e. The van der Waals surface area contributed by atoms with E-state index in [1.807, 2.05) is 0 Å². The van der Waals surface area contributed by atoms with E-state index in [0.29, 0.717) is 5.92 Å². The molecule has 2 aliphatic rings. The summed E-state index contributed by atoms with van der Waals surface area (Å²) in [6, 6.07) is 17.5. The molecule has 1 aliphatic heterocycles. The van der Waals surface area contributed by atoms with E-state index in [9.17, 15) is 8.78 Å². The molecular weight excluding hydrogens is 426 g/mol. The van der Waals surface area contributed by atoms with Gasteiger partial charge in [0.05, 0.1) is 0 Å². The summed E-state index contributed by atoms with van der Waals surface area (Å²) >= 11 is 0. The molecule has 0 nitrogen and oxygen atoms in total. The quantitative estimate of drug-likeness (QED) is 0.338. The highest BCUT2D eigenvalue weighted by Gasteiger charge is 2.26. The molecule has 0 spiro atoms. The Morgan fingerprint density at radius 2 is 1.36 bits per heavy atom. The third-order valence-corrected chi connectivity index (χ3v) is 12.0. The first-order valence-corrected chi connectivity index (χ1v) is 16.0. The van der Waals surface area contributed by atoms with E-state index in [0.717, 1.165) is 28.9 Å². The van der Waals surface area contributed by atoms with Crippen molar-refractivity contribution in [3.05, 3.63) is 59.7 Å². The largest absolute Gasteiger partial charge is 0.204 e. The van der Waals surface area contributed by atoms with Crippen LogP contribution >= 0.6 is 0 Å². The first-order valence-electron chi connectivity index (χ1n) is 13.5. The van der Waals surface area contributed by atoms with Gasteiger partial charge in [0.2, 0.25) is 0 Å². The van der Waals surface area contributed by atoms with Crippen LogP contribution in [0.15, 0.2) is 42.5 Å². The predicted molar refractivity (Wildman–Crippen MR) is 139 cm³/mol. The molecule has 0 bridgehead atoms. The SMILES string of the molecule is CC(C)CC[SiH]1CCC(CCC2CCC(c3ccc(-c4ccc(F)c(F)c4)cc3)CC2)CC1. The number of halogens is 2. The molecule has 1 saturated carbocycles. The molecule has 0 amide bonds. The van der Waals surface area contributed by atoms with Crippen LogP contribution in [0, 0.1) is 29.4 Å². The molecule has 1 saturated heterocycles. The van der Waals surface area contributed by atoms with Crippen LogP contribution in [0.1, 0.15) is 83.1 Å². The van der Waals surface area contributed by atoms with E-state index in [1.165, 1.54) is 75.5 Å². The highest BCUT2D eigenvalue weighted by atomic mass is 28.3. The highest BCUT2D eigenvalue weighted by Crippen LogP contribution is 2.40. The smallest absolute Gasteiger partial charge is 0.159 e. The van der Waals surface area contributed by atoms with Gasteiger partial charge in [0, 0.05) is 8.80 Å². The lowest BCUT2D eigenvalue weighted by atomic mass is 9.76. The Kier molecular flexibility index (Phi) is 8.79. The molecule has 3 heteroatoms. The van der Waals surface area contributed by atoms with Gasteiger partial charge in [-0.3, -0.25) is 0 Å². The summed E-state index contributed by atoms with van der Waals surface area (Å²) < 4.78 is 26.8. The fraction of sp³-hybridized carbons (Fsp3) is 0.600. The molecule has 0 N–H and O–H groups in total. The van der Waals surface area contributed by atoms with Gasteiger partial charge in [-0.1, -0.05) is 94.4 Å². The van der Waals surface area contributed by atoms with Gasteiger partial charge in [-0.15, -0.1) is 0 Å². The monoisotopic (exact) mass is 468 g/mol. The maximum absolute atomic E-state index is 13.6. The lowest BCUT2D eigenvalue weighted by Crippen LogP contribution is -2.22. The van der Waals surface area contributed by atoms with Gasteiger partial charge in [0.25, 0.3) is 0 Å². The molecule has 2 aromatic carbocycles. The minimum absolute atomic E-state index is 0.387. The topological polar surface area (TPSA) is 0 Å². The molecule has 0 radical (unpaired) electrons. The highest BCUT2D eigenvalue weighted by molar-refractivity contribution is 6.58. The van der Waals surface area contributed by atoms with Crippen molar-refractivity contribution in [1.29, 1.82) is 0 Å². The molecule has 180 valence electrons. The van der Waals surface area contributed by atoms with E-state index in [4.69, 9.17) is 0 Å². The van der Waals surface area contributed by atoms with E-state index in [1.54, 1.807) is 24.2 Å². The second kappa shape index (κ2) is 11.8. The molecule has 2 fully saturated rings. The number of benzene rings is 2. The number of hydrogen-bond acceptors (Lipinski definition) is 0. The summed E-state index contributed by atoms with van der Waals surface area (Å²) in [7, 11) is -0.387. The van der Waals surface area contributed by atoms with E-state index in [-0.39, 0.29) is 8.80 Å². The van der Waals surface area contributed by atoms with Crippen molar-refractivity contribution in [3.63, 3.8) is 0 Å². The maximum Gasteiger partial charge on any atom is 0.159 e. The van der Waals surface area contributed by atoms with Gasteiger partial charge in [-0.2, -0.15) is 0 Å². The zero-order valence-corrected chi connectivity index (χ0v) is 21.8.